The van der Waals surface area contributed by atoms with E-state index in [-0.39, 0.29) is 29.4 Å². The monoisotopic (exact) mass is 608 g/mol. The van der Waals surface area contributed by atoms with Crippen molar-refractivity contribution >= 4 is 22.8 Å². The molecule has 6 rings (SSSR count). The largest absolute Gasteiger partial charge is 0.497 e. The number of piperidine rings is 1. The van der Waals surface area contributed by atoms with Gasteiger partial charge in [-0.25, -0.2) is 4.79 Å². The maximum absolute atomic E-state index is 13.5. The number of rotatable bonds is 8. The molecule has 1 aromatic heterocycles. The van der Waals surface area contributed by atoms with E-state index in [2.05, 4.69) is 16.0 Å². The third-order valence-corrected chi connectivity index (χ3v) is 9.76. The summed E-state index contributed by atoms with van der Waals surface area (Å²) in [6.07, 6.45) is 0.920. The van der Waals surface area contributed by atoms with Crippen LogP contribution in [0.5, 0.6) is 23.0 Å². The Morgan fingerprint density at radius 3 is 2.30 bits per heavy atom. The SMILES string of the molecule is COC(=O)[C@H]1C(OC)[C@@H](OC(=O)c2cc(OC)c(OC)c(OC)c2)C[C@@H]2CN3CCc4c([nH]c5cc(OC)ccc45)[C@H]3C[C@H]21. The molecular formula is C33H40N2O9. The van der Waals surface area contributed by atoms with Gasteiger partial charge < -0.3 is 38.1 Å². The van der Waals surface area contributed by atoms with E-state index in [1.54, 1.807) is 26.4 Å². The normalized spacial score (nSPS) is 26.1. The van der Waals surface area contributed by atoms with Crippen LogP contribution in [0.4, 0.5) is 0 Å². The van der Waals surface area contributed by atoms with Crippen molar-refractivity contribution in [3.63, 3.8) is 0 Å². The van der Waals surface area contributed by atoms with Gasteiger partial charge in [-0.1, -0.05) is 0 Å². The highest BCUT2D eigenvalue weighted by Gasteiger charge is 2.54. The Labute approximate surface area is 256 Å². The van der Waals surface area contributed by atoms with Crippen LogP contribution in [0, 0.1) is 17.8 Å². The number of nitrogens with zero attached hydrogens (tertiary/aromatic N) is 1. The molecule has 0 spiro atoms. The zero-order valence-electron chi connectivity index (χ0n) is 26.0. The first kappa shape index (κ1) is 30.1. The highest BCUT2D eigenvalue weighted by Crippen LogP contribution is 2.51. The molecule has 3 aromatic rings. The van der Waals surface area contributed by atoms with Crippen LogP contribution in [0.25, 0.3) is 10.9 Å². The Kier molecular flexibility index (Phi) is 8.34. The number of fused-ring (bicyclic) bond motifs is 6. The number of aromatic nitrogens is 1. The minimum atomic E-state index is -0.670. The average molecular weight is 609 g/mol. The molecule has 1 unspecified atom stereocenters. The number of hydrogen-bond acceptors (Lipinski definition) is 10. The molecule has 0 bridgehead atoms. The first-order valence-corrected chi connectivity index (χ1v) is 14.9. The summed E-state index contributed by atoms with van der Waals surface area (Å²) in [7, 11) is 9.10. The van der Waals surface area contributed by atoms with Gasteiger partial charge in [-0.3, -0.25) is 9.69 Å². The molecule has 1 aliphatic carbocycles. The Bertz CT molecular complexity index is 1530. The lowest BCUT2D eigenvalue weighted by Gasteiger charge is -2.52. The summed E-state index contributed by atoms with van der Waals surface area (Å²) < 4.78 is 39.1. The van der Waals surface area contributed by atoms with Gasteiger partial charge >= 0.3 is 11.9 Å². The van der Waals surface area contributed by atoms with Crippen molar-refractivity contribution in [3.8, 4) is 23.0 Å². The minimum Gasteiger partial charge on any atom is -0.497 e. The van der Waals surface area contributed by atoms with Gasteiger partial charge in [0.15, 0.2) is 11.5 Å². The predicted molar refractivity (Wildman–Crippen MR) is 161 cm³/mol. The van der Waals surface area contributed by atoms with Crippen LogP contribution in [0.1, 0.15) is 40.5 Å². The van der Waals surface area contributed by atoms with Gasteiger partial charge in [0.25, 0.3) is 0 Å². The highest BCUT2D eigenvalue weighted by molar-refractivity contribution is 5.91. The van der Waals surface area contributed by atoms with Crippen LogP contribution in [0.2, 0.25) is 0 Å². The van der Waals surface area contributed by atoms with E-state index in [1.807, 2.05) is 12.1 Å². The number of aromatic amines is 1. The van der Waals surface area contributed by atoms with Crippen molar-refractivity contribution in [3.05, 3.63) is 47.2 Å². The molecule has 3 heterocycles. The van der Waals surface area contributed by atoms with E-state index in [4.69, 9.17) is 33.2 Å². The van der Waals surface area contributed by atoms with Crippen molar-refractivity contribution in [2.75, 3.05) is 55.7 Å². The fourth-order valence-corrected chi connectivity index (χ4v) is 7.76. The third kappa shape index (κ3) is 5.01. The zero-order chi connectivity index (χ0) is 31.1. The molecule has 6 atom stereocenters. The van der Waals surface area contributed by atoms with Crippen LogP contribution >= 0.6 is 0 Å². The lowest BCUT2D eigenvalue weighted by atomic mass is 9.63. The lowest BCUT2D eigenvalue weighted by Crippen LogP contribution is -2.58. The summed E-state index contributed by atoms with van der Waals surface area (Å²) in [5.74, 6) is 0.441. The number of ether oxygens (including phenoxy) is 7. The maximum atomic E-state index is 13.5. The summed E-state index contributed by atoms with van der Waals surface area (Å²) in [4.78, 5) is 33.1. The van der Waals surface area contributed by atoms with Crippen molar-refractivity contribution in [2.24, 2.45) is 17.8 Å². The summed E-state index contributed by atoms with van der Waals surface area (Å²) in [6.45, 7) is 1.68. The standard InChI is InChI=1S/C33H40N2O9/c1-38-19-7-8-20-21-9-10-35-16-18-13-27(44-32(36)17-11-25(39-2)30(41-4)26(12-17)40-3)31(42-5)28(33(37)43-6)22(18)15-24(35)29(21)34-23(20)14-19/h7-8,11-12,14,18,22,24,27-28,31,34H,9-10,13,15-16H2,1-6H3/t18-,22-,24-,27+,28-,31?/m1/s1. The molecule has 0 radical (unpaired) electrons. The molecule has 44 heavy (non-hydrogen) atoms. The predicted octanol–water partition coefficient (Wildman–Crippen LogP) is 4.17. The molecule has 11 nitrogen and oxygen atoms in total. The molecule has 3 aliphatic rings. The zero-order valence-corrected chi connectivity index (χ0v) is 26.0. The molecule has 0 amide bonds. The van der Waals surface area contributed by atoms with E-state index in [9.17, 15) is 9.59 Å². The number of carbonyl (C=O) groups excluding carboxylic acids is 2. The number of H-pyrrole nitrogens is 1. The number of methoxy groups -OCH3 is 6. The summed E-state index contributed by atoms with van der Waals surface area (Å²) in [6, 6.07) is 9.40. The van der Waals surface area contributed by atoms with Crippen molar-refractivity contribution in [1.29, 1.82) is 0 Å². The Morgan fingerprint density at radius 1 is 0.909 bits per heavy atom. The molecule has 236 valence electrons. The molecular weight excluding hydrogens is 568 g/mol. The first-order chi connectivity index (χ1) is 21.3. The number of carbonyl (C=O) groups is 2. The Morgan fingerprint density at radius 2 is 1.66 bits per heavy atom. The molecule has 2 aliphatic heterocycles. The number of hydrogen-bond donors (Lipinski definition) is 1. The molecule has 1 N–H and O–H groups in total. The van der Waals surface area contributed by atoms with Gasteiger partial charge in [0, 0.05) is 42.9 Å². The molecule has 2 aromatic carbocycles. The second-order valence-electron chi connectivity index (χ2n) is 11.7. The Balaban J connectivity index is 1.29. The van der Waals surface area contributed by atoms with Gasteiger partial charge in [-0.15, -0.1) is 0 Å². The van der Waals surface area contributed by atoms with Crippen molar-refractivity contribution < 1.29 is 42.7 Å². The van der Waals surface area contributed by atoms with Crippen molar-refractivity contribution in [1.82, 2.24) is 9.88 Å². The van der Waals surface area contributed by atoms with E-state index in [0.29, 0.717) is 23.7 Å². The first-order valence-electron chi connectivity index (χ1n) is 14.9. The number of benzene rings is 2. The van der Waals surface area contributed by atoms with E-state index >= 15 is 0 Å². The van der Waals surface area contributed by atoms with Crippen LogP contribution in [0.15, 0.2) is 30.3 Å². The molecule has 1 saturated carbocycles. The summed E-state index contributed by atoms with van der Waals surface area (Å²) in [5, 5.41) is 1.21. The maximum Gasteiger partial charge on any atom is 0.338 e. The summed E-state index contributed by atoms with van der Waals surface area (Å²) in [5.41, 5.74) is 3.83. The molecule has 2 fully saturated rings. The van der Waals surface area contributed by atoms with E-state index in [0.717, 1.165) is 37.2 Å². The minimum absolute atomic E-state index is 0.0170. The van der Waals surface area contributed by atoms with Gasteiger partial charge in [0.05, 0.1) is 53.1 Å². The average Bonchev–Trinajstić information content (AvgIpc) is 3.43. The Hall–Kier alpha value is -3.96. The number of nitrogens with one attached hydrogen (secondary N) is 1. The molecule has 11 heteroatoms. The topological polar surface area (TPSA) is 118 Å². The fraction of sp³-hybridized carbons (Fsp3) is 0.515. The highest BCUT2D eigenvalue weighted by atomic mass is 16.6. The van der Waals surface area contributed by atoms with Crippen LogP contribution in [-0.2, 0) is 25.4 Å². The quantitative estimate of drug-likeness (QED) is 0.374. The second kappa shape index (κ2) is 12.2. The van der Waals surface area contributed by atoms with Crippen LogP contribution in [0.3, 0.4) is 0 Å². The van der Waals surface area contributed by atoms with E-state index < -0.39 is 24.1 Å². The van der Waals surface area contributed by atoms with E-state index in [1.165, 1.54) is 45.1 Å². The second-order valence-corrected chi connectivity index (χ2v) is 11.7. The van der Waals surface area contributed by atoms with Gasteiger partial charge in [0.2, 0.25) is 5.75 Å². The smallest absolute Gasteiger partial charge is 0.338 e. The van der Waals surface area contributed by atoms with Gasteiger partial charge in [-0.05, 0) is 60.9 Å². The third-order valence-electron chi connectivity index (χ3n) is 9.76. The van der Waals surface area contributed by atoms with Gasteiger partial charge in [-0.2, -0.15) is 0 Å². The van der Waals surface area contributed by atoms with Crippen molar-refractivity contribution in [2.45, 2.75) is 37.5 Å². The summed E-state index contributed by atoms with van der Waals surface area (Å²) >= 11 is 0. The van der Waals surface area contributed by atoms with Gasteiger partial charge in [0.1, 0.15) is 18.0 Å². The fourth-order valence-electron chi connectivity index (χ4n) is 7.76. The lowest BCUT2D eigenvalue weighted by molar-refractivity contribution is -0.176. The van der Waals surface area contributed by atoms with Crippen LogP contribution in [-0.4, -0.2) is 89.8 Å². The molecule has 1 saturated heterocycles. The van der Waals surface area contributed by atoms with Crippen LogP contribution < -0.4 is 18.9 Å². The number of esters is 2.